The Labute approximate surface area is 210 Å². The molecule has 5 rings (SSSR count). The molecule has 2 fully saturated rings. The molecule has 9 heteroatoms. The Morgan fingerprint density at radius 3 is 2.50 bits per heavy atom. The zero-order valence-electron chi connectivity index (χ0n) is 20.4. The number of benzene rings is 2. The first kappa shape index (κ1) is 24.4. The molecule has 1 aliphatic carbocycles. The molecule has 192 valence electrons. The summed E-state index contributed by atoms with van der Waals surface area (Å²) in [5.41, 5.74) is 2.23. The average molecular weight is 496 g/mol. The third kappa shape index (κ3) is 5.42. The minimum Gasteiger partial charge on any atom is -0.497 e. The van der Waals surface area contributed by atoms with Crippen LogP contribution in [0.2, 0.25) is 0 Å². The van der Waals surface area contributed by atoms with E-state index in [2.05, 4.69) is 16.0 Å². The third-order valence-electron chi connectivity index (χ3n) is 7.24. The lowest BCUT2D eigenvalue weighted by Crippen LogP contribution is -2.47. The molecule has 2 heterocycles. The number of aliphatic hydroxyl groups is 1. The van der Waals surface area contributed by atoms with Crippen LogP contribution in [0, 0.1) is 0 Å². The normalized spacial score (nSPS) is 24.8. The molecule has 4 atom stereocenters. The maximum Gasteiger partial charge on any atom is 0.323 e. The first-order chi connectivity index (χ1) is 17.5. The number of urea groups is 1. The van der Waals surface area contributed by atoms with Gasteiger partial charge in [0.15, 0.2) is 0 Å². The number of carbonyl (C=O) groups excluding carboxylic acids is 2. The van der Waals surface area contributed by atoms with Crippen molar-refractivity contribution in [1.29, 1.82) is 0 Å². The first-order valence-corrected chi connectivity index (χ1v) is 12.6. The van der Waals surface area contributed by atoms with Crippen molar-refractivity contribution in [2.24, 2.45) is 0 Å². The van der Waals surface area contributed by atoms with Crippen molar-refractivity contribution in [2.75, 3.05) is 24.4 Å². The lowest BCUT2D eigenvalue weighted by Gasteiger charge is -2.37. The number of hydrogen-bond acceptors (Lipinski definition) is 6. The van der Waals surface area contributed by atoms with E-state index in [0.717, 1.165) is 31.2 Å². The third-order valence-corrected chi connectivity index (χ3v) is 7.24. The van der Waals surface area contributed by atoms with Gasteiger partial charge in [0.1, 0.15) is 23.7 Å². The van der Waals surface area contributed by atoms with E-state index in [9.17, 15) is 14.7 Å². The van der Waals surface area contributed by atoms with Gasteiger partial charge in [-0.1, -0.05) is 12.8 Å². The van der Waals surface area contributed by atoms with Crippen LogP contribution in [-0.4, -0.2) is 55.1 Å². The quantitative estimate of drug-likeness (QED) is 0.464. The summed E-state index contributed by atoms with van der Waals surface area (Å²) in [5.74, 6) is 1.37. The van der Waals surface area contributed by atoms with Crippen molar-refractivity contribution in [1.82, 2.24) is 5.32 Å². The van der Waals surface area contributed by atoms with Crippen LogP contribution < -0.4 is 25.4 Å². The monoisotopic (exact) mass is 495 g/mol. The number of ether oxygens (including phenoxy) is 3. The molecule has 0 unspecified atom stereocenters. The van der Waals surface area contributed by atoms with Crippen LogP contribution in [0.3, 0.4) is 0 Å². The van der Waals surface area contributed by atoms with E-state index in [1.807, 2.05) is 12.1 Å². The molecule has 0 aromatic heterocycles. The Morgan fingerprint density at radius 2 is 1.78 bits per heavy atom. The maximum atomic E-state index is 12.6. The van der Waals surface area contributed by atoms with Crippen LogP contribution in [-0.2, 0) is 9.53 Å². The Bertz CT molecular complexity index is 1090. The number of anilines is 2. The zero-order chi connectivity index (χ0) is 25.1. The van der Waals surface area contributed by atoms with E-state index in [-0.39, 0.29) is 49.1 Å². The number of rotatable bonds is 7. The highest BCUT2D eigenvalue weighted by molar-refractivity contribution is 5.99. The largest absolute Gasteiger partial charge is 0.497 e. The minimum atomic E-state index is -0.518. The van der Waals surface area contributed by atoms with Crippen LogP contribution in [0.15, 0.2) is 42.5 Å². The van der Waals surface area contributed by atoms with Gasteiger partial charge in [-0.25, -0.2) is 4.79 Å². The topological polar surface area (TPSA) is 118 Å². The van der Waals surface area contributed by atoms with Crippen molar-refractivity contribution in [3.05, 3.63) is 48.0 Å². The number of carbonyl (C=O) groups is 2. The predicted molar refractivity (Wildman–Crippen MR) is 135 cm³/mol. The predicted octanol–water partition coefficient (Wildman–Crippen LogP) is 3.78. The van der Waals surface area contributed by atoms with E-state index in [1.54, 1.807) is 37.4 Å². The van der Waals surface area contributed by atoms with Crippen molar-refractivity contribution in [3.63, 3.8) is 0 Å². The Kier molecular flexibility index (Phi) is 7.29. The van der Waals surface area contributed by atoms with Gasteiger partial charge in [-0.05, 0) is 61.7 Å². The second kappa shape index (κ2) is 10.8. The molecule has 4 N–H and O–H groups in total. The van der Waals surface area contributed by atoms with Gasteiger partial charge < -0.3 is 35.3 Å². The van der Waals surface area contributed by atoms with Gasteiger partial charge >= 0.3 is 6.03 Å². The second-order valence-electron chi connectivity index (χ2n) is 9.72. The number of hydrogen-bond donors (Lipinski definition) is 4. The summed E-state index contributed by atoms with van der Waals surface area (Å²) < 4.78 is 17.3. The first-order valence-electron chi connectivity index (χ1n) is 12.6. The number of fused-ring (bicyclic) bond motifs is 3. The lowest BCUT2D eigenvalue weighted by atomic mass is 9.84. The van der Waals surface area contributed by atoms with Gasteiger partial charge in [-0.3, -0.25) is 4.79 Å². The summed E-state index contributed by atoms with van der Waals surface area (Å²) in [5, 5.41) is 18.8. The molecule has 0 bridgehead atoms. The number of methoxy groups -OCH3 is 1. The Morgan fingerprint density at radius 1 is 1.06 bits per heavy atom. The molecule has 2 aromatic carbocycles. The van der Waals surface area contributed by atoms with Crippen LogP contribution in [0.1, 0.15) is 50.0 Å². The van der Waals surface area contributed by atoms with Crippen molar-refractivity contribution in [3.8, 4) is 11.5 Å². The highest BCUT2D eigenvalue weighted by atomic mass is 16.6. The van der Waals surface area contributed by atoms with Gasteiger partial charge in [-0.2, -0.15) is 0 Å². The number of amides is 3. The molecule has 9 nitrogen and oxygen atoms in total. The average Bonchev–Trinajstić information content (AvgIpc) is 3.51. The van der Waals surface area contributed by atoms with E-state index in [4.69, 9.17) is 14.2 Å². The van der Waals surface area contributed by atoms with E-state index in [1.165, 1.54) is 0 Å². The van der Waals surface area contributed by atoms with Gasteiger partial charge in [0.05, 0.1) is 26.2 Å². The SMILES string of the molecule is COc1ccc(NC(=O)Nc2ccc3c(c2)[C@H]2C[C@@H](CC(=O)NC4CCCC4)O[C@@H](CO)[C@H]2O3)cc1. The fraction of sp³-hybridized carbons (Fsp3) is 0.481. The summed E-state index contributed by atoms with van der Waals surface area (Å²) in [6.45, 7) is -0.189. The smallest absolute Gasteiger partial charge is 0.323 e. The summed E-state index contributed by atoms with van der Waals surface area (Å²) in [6, 6.07) is 12.5. The molecule has 36 heavy (non-hydrogen) atoms. The number of nitrogens with one attached hydrogen (secondary N) is 3. The van der Waals surface area contributed by atoms with Gasteiger partial charge in [-0.15, -0.1) is 0 Å². The fourth-order valence-corrected chi connectivity index (χ4v) is 5.50. The molecule has 1 saturated heterocycles. The van der Waals surface area contributed by atoms with Crippen LogP contribution in [0.5, 0.6) is 11.5 Å². The van der Waals surface area contributed by atoms with Crippen molar-refractivity contribution in [2.45, 2.75) is 68.8 Å². The van der Waals surface area contributed by atoms with Crippen LogP contribution in [0.4, 0.5) is 16.2 Å². The van der Waals surface area contributed by atoms with E-state index < -0.39 is 6.10 Å². The number of aliphatic hydroxyl groups excluding tert-OH is 1. The molecular weight excluding hydrogens is 462 g/mol. The van der Waals surface area contributed by atoms with Crippen molar-refractivity contribution >= 4 is 23.3 Å². The summed E-state index contributed by atoms with van der Waals surface area (Å²) >= 11 is 0. The van der Waals surface area contributed by atoms with Gasteiger partial charge in [0.25, 0.3) is 0 Å². The lowest BCUT2D eigenvalue weighted by molar-refractivity contribution is -0.142. The molecule has 0 spiro atoms. The van der Waals surface area contributed by atoms with Gasteiger partial charge in [0.2, 0.25) is 5.91 Å². The highest BCUT2D eigenvalue weighted by Gasteiger charge is 2.46. The van der Waals surface area contributed by atoms with Crippen LogP contribution >= 0.6 is 0 Å². The standard InChI is InChI=1S/C27H33N3O6/c1-34-19-9-6-17(7-10-19)29-27(33)30-18-8-11-23-21(12-18)22-13-20(35-24(15-31)26(22)36-23)14-25(32)28-16-4-2-3-5-16/h6-12,16,20,22,24,26,31H,2-5,13-15H2,1H3,(H,28,32)(H2,29,30,33)/t20-,22+,24-,26-/m0/s1. The summed E-state index contributed by atoms with van der Waals surface area (Å²) in [7, 11) is 1.59. The molecule has 3 aliphatic rings. The molecular formula is C27H33N3O6. The second-order valence-corrected chi connectivity index (χ2v) is 9.72. The summed E-state index contributed by atoms with van der Waals surface area (Å²) in [6.07, 6.45) is 4.08. The molecule has 0 radical (unpaired) electrons. The summed E-state index contributed by atoms with van der Waals surface area (Å²) in [4.78, 5) is 25.2. The van der Waals surface area contributed by atoms with Crippen LogP contribution in [0.25, 0.3) is 0 Å². The molecule has 1 saturated carbocycles. The Balaban J connectivity index is 1.24. The molecule has 2 aliphatic heterocycles. The van der Waals surface area contributed by atoms with Gasteiger partial charge in [0, 0.05) is 28.9 Å². The molecule has 2 aromatic rings. The maximum absolute atomic E-state index is 12.6. The molecule has 3 amide bonds. The zero-order valence-corrected chi connectivity index (χ0v) is 20.4. The minimum absolute atomic E-state index is 0.00759. The Hall–Kier alpha value is -3.30. The fourth-order valence-electron chi connectivity index (χ4n) is 5.50. The highest BCUT2D eigenvalue weighted by Crippen LogP contribution is 2.47. The van der Waals surface area contributed by atoms with E-state index in [0.29, 0.717) is 29.3 Å². The van der Waals surface area contributed by atoms with E-state index >= 15 is 0 Å². The van der Waals surface area contributed by atoms with Crippen molar-refractivity contribution < 1.29 is 28.9 Å².